The van der Waals surface area contributed by atoms with Crippen LogP contribution in [0.2, 0.25) is 5.02 Å². The molecule has 0 fully saturated rings. The Morgan fingerprint density at radius 2 is 1.96 bits per heavy atom. The normalized spacial score (nSPS) is 11.1. The van der Waals surface area contributed by atoms with Gasteiger partial charge in [0, 0.05) is 0 Å². The van der Waals surface area contributed by atoms with E-state index < -0.39 is 5.56 Å². The summed E-state index contributed by atoms with van der Waals surface area (Å²) >= 11 is 6.18. The van der Waals surface area contributed by atoms with Crippen LogP contribution in [-0.4, -0.2) is 22.1 Å². The zero-order valence-corrected chi connectivity index (χ0v) is 15.7. The van der Waals surface area contributed by atoms with Crippen LogP contribution >= 0.6 is 11.6 Å². The standard InChI is InChI=1S/C20H19ClN4O2/c1-14(2)27-17-10-6-7-15(11-17)12-22-24-18-13-23-25(20(26)19(18)21)16-8-4-3-5-9-16/h3-14,24H,1-2H3/b22-12+. The smallest absolute Gasteiger partial charge is 0.292 e. The molecule has 0 amide bonds. The largest absolute Gasteiger partial charge is 0.491 e. The van der Waals surface area contributed by atoms with Crippen molar-refractivity contribution < 1.29 is 4.74 Å². The van der Waals surface area contributed by atoms with Gasteiger partial charge in [0.1, 0.15) is 16.5 Å². The first-order valence-corrected chi connectivity index (χ1v) is 8.81. The molecule has 138 valence electrons. The maximum atomic E-state index is 12.4. The Hall–Kier alpha value is -3.12. The highest BCUT2D eigenvalue weighted by Gasteiger charge is 2.10. The predicted molar refractivity (Wildman–Crippen MR) is 108 cm³/mol. The second kappa shape index (κ2) is 8.51. The molecular formula is C20H19ClN4O2. The van der Waals surface area contributed by atoms with Gasteiger partial charge < -0.3 is 4.74 Å². The number of hydrogen-bond donors (Lipinski definition) is 1. The van der Waals surface area contributed by atoms with E-state index in [0.29, 0.717) is 11.4 Å². The van der Waals surface area contributed by atoms with Crippen molar-refractivity contribution in [2.45, 2.75) is 20.0 Å². The molecule has 6 nitrogen and oxygen atoms in total. The SMILES string of the molecule is CC(C)Oc1cccc(/C=N/Nc2cnn(-c3ccccc3)c(=O)c2Cl)c1. The fourth-order valence-electron chi connectivity index (χ4n) is 2.38. The molecule has 0 aliphatic carbocycles. The molecule has 0 radical (unpaired) electrons. The van der Waals surface area contributed by atoms with E-state index in [4.69, 9.17) is 16.3 Å². The Labute approximate surface area is 162 Å². The number of para-hydroxylation sites is 1. The summed E-state index contributed by atoms with van der Waals surface area (Å²) in [4.78, 5) is 12.4. The second-order valence-electron chi connectivity index (χ2n) is 6.03. The molecule has 3 rings (SSSR count). The van der Waals surface area contributed by atoms with Gasteiger partial charge in [0.05, 0.1) is 24.2 Å². The van der Waals surface area contributed by atoms with Gasteiger partial charge in [0.25, 0.3) is 5.56 Å². The molecule has 7 heteroatoms. The van der Waals surface area contributed by atoms with Crippen LogP contribution in [0.25, 0.3) is 5.69 Å². The average molecular weight is 383 g/mol. The van der Waals surface area contributed by atoms with E-state index in [1.165, 1.54) is 10.9 Å². The fourth-order valence-corrected chi connectivity index (χ4v) is 2.55. The van der Waals surface area contributed by atoms with Crippen LogP contribution < -0.4 is 15.7 Å². The summed E-state index contributed by atoms with van der Waals surface area (Å²) in [6, 6.07) is 16.6. The van der Waals surface area contributed by atoms with Gasteiger partial charge in [-0.05, 0) is 43.7 Å². The quantitative estimate of drug-likeness (QED) is 0.514. The van der Waals surface area contributed by atoms with E-state index in [-0.39, 0.29) is 11.1 Å². The molecule has 1 N–H and O–H groups in total. The number of benzene rings is 2. The van der Waals surface area contributed by atoms with Crippen molar-refractivity contribution >= 4 is 23.5 Å². The lowest BCUT2D eigenvalue weighted by atomic mass is 10.2. The van der Waals surface area contributed by atoms with Crippen LogP contribution in [0.15, 0.2) is 70.7 Å². The van der Waals surface area contributed by atoms with E-state index in [9.17, 15) is 4.79 Å². The van der Waals surface area contributed by atoms with Crippen LogP contribution in [0, 0.1) is 0 Å². The van der Waals surface area contributed by atoms with Crippen LogP contribution in [0.4, 0.5) is 5.69 Å². The fraction of sp³-hybridized carbons (Fsp3) is 0.150. The Kier molecular flexibility index (Phi) is 5.88. The van der Waals surface area contributed by atoms with Crippen molar-refractivity contribution in [1.82, 2.24) is 9.78 Å². The predicted octanol–water partition coefficient (Wildman–Crippen LogP) is 4.12. The number of aromatic nitrogens is 2. The number of anilines is 1. The molecule has 0 spiro atoms. The van der Waals surface area contributed by atoms with E-state index in [2.05, 4.69) is 15.6 Å². The molecule has 0 atom stereocenters. The molecule has 3 aromatic rings. The van der Waals surface area contributed by atoms with Crippen LogP contribution in [-0.2, 0) is 0 Å². The second-order valence-corrected chi connectivity index (χ2v) is 6.41. The van der Waals surface area contributed by atoms with Gasteiger partial charge in [0.15, 0.2) is 0 Å². The first-order valence-electron chi connectivity index (χ1n) is 8.43. The van der Waals surface area contributed by atoms with Gasteiger partial charge in [-0.2, -0.15) is 14.9 Å². The zero-order chi connectivity index (χ0) is 19.2. The Morgan fingerprint density at radius 1 is 1.19 bits per heavy atom. The molecular weight excluding hydrogens is 364 g/mol. The summed E-state index contributed by atoms with van der Waals surface area (Å²) < 4.78 is 6.89. The first kappa shape index (κ1) is 18.7. The first-order chi connectivity index (χ1) is 13.0. The van der Waals surface area contributed by atoms with Crippen molar-refractivity contribution in [1.29, 1.82) is 0 Å². The third kappa shape index (κ3) is 4.74. The number of hydrazone groups is 1. The lowest BCUT2D eigenvalue weighted by Gasteiger charge is -2.09. The van der Waals surface area contributed by atoms with Gasteiger partial charge in [-0.15, -0.1) is 0 Å². The molecule has 0 bridgehead atoms. The third-order valence-electron chi connectivity index (χ3n) is 3.55. The third-order valence-corrected chi connectivity index (χ3v) is 3.91. The minimum absolute atomic E-state index is 0.0166. The Bertz CT molecular complexity index is 1000. The summed E-state index contributed by atoms with van der Waals surface area (Å²) in [5, 5.41) is 8.29. The Morgan fingerprint density at radius 3 is 2.70 bits per heavy atom. The van der Waals surface area contributed by atoms with E-state index in [1.807, 2.05) is 56.3 Å². The van der Waals surface area contributed by atoms with Gasteiger partial charge >= 0.3 is 0 Å². The maximum absolute atomic E-state index is 12.4. The van der Waals surface area contributed by atoms with E-state index in [0.717, 1.165) is 11.3 Å². The van der Waals surface area contributed by atoms with Crippen molar-refractivity contribution in [2.24, 2.45) is 5.10 Å². The molecule has 1 aromatic heterocycles. The average Bonchev–Trinajstić information content (AvgIpc) is 2.66. The number of hydrogen-bond acceptors (Lipinski definition) is 5. The number of ether oxygens (including phenoxy) is 1. The van der Waals surface area contributed by atoms with Gasteiger partial charge in [-0.3, -0.25) is 10.2 Å². The van der Waals surface area contributed by atoms with Crippen LogP contribution in [0.3, 0.4) is 0 Å². The summed E-state index contributed by atoms with van der Waals surface area (Å²) in [5.41, 5.74) is 4.16. The maximum Gasteiger partial charge on any atom is 0.292 e. The molecule has 0 unspecified atom stereocenters. The number of nitrogens with zero attached hydrogens (tertiary/aromatic N) is 3. The highest BCUT2D eigenvalue weighted by Crippen LogP contribution is 2.17. The van der Waals surface area contributed by atoms with Crippen LogP contribution in [0.5, 0.6) is 5.75 Å². The Balaban J connectivity index is 1.76. The van der Waals surface area contributed by atoms with Gasteiger partial charge in [-0.25, -0.2) is 0 Å². The lowest BCUT2D eigenvalue weighted by Crippen LogP contribution is -2.22. The zero-order valence-electron chi connectivity index (χ0n) is 15.0. The molecule has 0 aliphatic heterocycles. The minimum atomic E-state index is -0.421. The molecule has 2 aromatic carbocycles. The molecule has 0 aliphatic rings. The number of rotatable bonds is 6. The summed E-state index contributed by atoms with van der Waals surface area (Å²) in [5.74, 6) is 0.763. The monoisotopic (exact) mass is 382 g/mol. The minimum Gasteiger partial charge on any atom is -0.491 e. The molecule has 27 heavy (non-hydrogen) atoms. The number of nitrogens with one attached hydrogen (secondary N) is 1. The summed E-state index contributed by atoms with van der Waals surface area (Å²) in [6.45, 7) is 3.93. The highest BCUT2D eigenvalue weighted by molar-refractivity contribution is 6.32. The van der Waals surface area contributed by atoms with Gasteiger partial charge in [0.2, 0.25) is 0 Å². The van der Waals surface area contributed by atoms with E-state index >= 15 is 0 Å². The number of halogens is 1. The summed E-state index contributed by atoms with van der Waals surface area (Å²) in [7, 11) is 0. The van der Waals surface area contributed by atoms with E-state index in [1.54, 1.807) is 18.3 Å². The topological polar surface area (TPSA) is 68.5 Å². The molecule has 0 saturated carbocycles. The molecule has 0 saturated heterocycles. The van der Waals surface area contributed by atoms with Crippen molar-refractivity contribution in [2.75, 3.05) is 5.43 Å². The lowest BCUT2D eigenvalue weighted by molar-refractivity contribution is 0.242. The summed E-state index contributed by atoms with van der Waals surface area (Å²) in [6.07, 6.45) is 3.18. The van der Waals surface area contributed by atoms with Crippen molar-refractivity contribution in [3.05, 3.63) is 81.7 Å². The van der Waals surface area contributed by atoms with Gasteiger partial charge in [-0.1, -0.05) is 41.9 Å². The molecule has 1 heterocycles. The highest BCUT2D eigenvalue weighted by atomic mass is 35.5. The van der Waals surface area contributed by atoms with Crippen molar-refractivity contribution in [3.63, 3.8) is 0 Å². The van der Waals surface area contributed by atoms with Crippen LogP contribution in [0.1, 0.15) is 19.4 Å². The van der Waals surface area contributed by atoms with Crippen molar-refractivity contribution in [3.8, 4) is 11.4 Å².